The Labute approximate surface area is 105 Å². The highest BCUT2D eigenvalue weighted by atomic mass is 32.1. The quantitative estimate of drug-likeness (QED) is 0.895. The summed E-state index contributed by atoms with van der Waals surface area (Å²) in [5.41, 5.74) is 1.05. The molecule has 0 amide bonds. The van der Waals surface area contributed by atoms with E-state index >= 15 is 0 Å². The number of hydrogen-bond acceptors (Lipinski definition) is 4. The van der Waals surface area contributed by atoms with Gasteiger partial charge in [0.05, 0.1) is 10.6 Å². The third-order valence-corrected chi connectivity index (χ3v) is 3.71. The van der Waals surface area contributed by atoms with Gasteiger partial charge < -0.3 is 5.32 Å². The lowest BCUT2D eigenvalue weighted by Gasteiger charge is -2.07. The second kappa shape index (κ2) is 4.45. The SMILES string of the molecule is CCNc1cc(-c2cccs2)nc(C2CC2)n1. The van der Waals surface area contributed by atoms with E-state index in [2.05, 4.69) is 39.7 Å². The second-order valence-electron chi connectivity index (χ2n) is 4.28. The highest BCUT2D eigenvalue weighted by Gasteiger charge is 2.27. The number of nitrogens with one attached hydrogen (secondary N) is 1. The molecular weight excluding hydrogens is 230 g/mol. The van der Waals surface area contributed by atoms with Crippen LogP contribution in [0.3, 0.4) is 0 Å². The van der Waals surface area contributed by atoms with E-state index in [1.165, 1.54) is 17.7 Å². The normalized spacial score (nSPS) is 14.9. The van der Waals surface area contributed by atoms with Crippen molar-refractivity contribution in [1.82, 2.24) is 9.97 Å². The van der Waals surface area contributed by atoms with Gasteiger partial charge >= 0.3 is 0 Å². The lowest BCUT2D eigenvalue weighted by atomic mass is 10.3. The number of hydrogen-bond donors (Lipinski definition) is 1. The highest BCUT2D eigenvalue weighted by Crippen LogP contribution is 2.39. The first-order valence-electron chi connectivity index (χ1n) is 6.03. The van der Waals surface area contributed by atoms with Gasteiger partial charge in [0.25, 0.3) is 0 Å². The van der Waals surface area contributed by atoms with Crippen LogP contribution in [0.2, 0.25) is 0 Å². The molecule has 0 atom stereocenters. The molecule has 0 aliphatic heterocycles. The summed E-state index contributed by atoms with van der Waals surface area (Å²) in [6, 6.07) is 6.21. The molecular formula is C13H15N3S. The summed E-state index contributed by atoms with van der Waals surface area (Å²) in [6.45, 7) is 2.98. The lowest BCUT2D eigenvalue weighted by Crippen LogP contribution is -2.03. The van der Waals surface area contributed by atoms with Crippen molar-refractivity contribution in [2.45, 2.75) is 25.7 Å². The van der Waals surface area contributed by atoms with Crippen molar-refractivity contribution in [3.05, 3.63) is 29.4 Å². The lowest BCUT2D eigenvalue weighted by molar-refractivity contribution is 0.928. The zero-order valence-corrected chi connectivity index (χ0v) is 10.6. The van der Waals surface area contributed by atoms with Crippen LogP contribution in [0.4, 0.5) is 5.82 Å². The fourth-order valence-corrected chi connectivity index (χ4v) is 2.50. The minimum atomic E-state index is 0.590. The molecule has 88 valence electrons. The van der Waals surface area contributed by atoms with Gasteiger partial charge in [0.15, 0.2) is 0 Å². The molecule has 1 aliphatic rings. The van der Waals surface area contributed by atoms with Gasteiger partial charge in [-0.2, -0.15) is 0 Å². The molecule has 1 fully saturated rings. The summed E-state index contributed by atoms with van der Waals surface area (Å²) in [5.74, 6) is 2.55. The van der Waals surface area contributed by atoms with E-state index in [0.29, 0.717) is 5.92 Å². The van der Waals surface area contributed by atoms with E-state index in [1.54, 1.807) is 11.3 Å². The summed E-state index contributed by atoms with van der Waals surface area (Å²) in [7, 11) is 0. The van der Waals surface area contributed by atoms with Crippen molar-refractivity contribution in [2.75, 3.05) is 11.9 Å². The molecule has 1 aliphatic carbocycles. The fraction of sp³-hybridized carbons (Fsp3) is 0.385. The van der Waals surface area contributed by atoms with Crippen LogP contribution < -0.4 is 5.32 Å². The van der Waals surface area contributed by atoms with E-state index in [-0.39, 0.29) is 0 Å². The monoisotopic (exact) mass is 245 g/mol. The molecule has 0 unspecified atom stereocenters. The van der Waals surface area contributed by atoms with E-state index in [0.717, 1.165) is 23.9 Å². The smallest absolute Gasteiger partial charge is 0.134 e. The first kappa shape index (κ1) is 10.7. The minimum absolute atomic E-state index is 0.590. The van der Waals surface area contributed by atoms with Crippen LogP contribution in [0, 0.1) is 0 Å². The highest BCUT2D eigenvalue weighted by molar-refractivity contribution is 7.13. The van der Waals surface area contributed by atoms with Gasteiger partial charge in [0.2, 0.25) is 0 Å². The number of nitrogens with zero attached hydrogens (tertiary/aromatic N) is 2. The van der Waals surface area contributed by atoms with Crippen molar-refractivity contribution in [1.29, 1.82) is 0 Å². The van der Waals surface area contributed by atoms with Crippen molar-refractivity contribution < 1.29 is 0 Å². The molecule has 2 heterocycles. The Balaban J connectivity index is 2.01. The first-order chi connectivity index (χ1) is 8.36. The third-order valence-electron chi connectivity index (χ3n) is 2.82. The van der Waals surface area contributed by atoms with Gasteiger partial charge in [-0.15, -0.1) is 11.3 Å². The maximum atomic E-state index is 4.68. The number of thiophene rings is 1. The average Bonchev–Trinajstić information content (AvgIpc) is 3.05. The molecule has 0 bridgehead atoms. The van der Waals surface area contributed by atoms with Crippen LogP contribution in [0.15, 0.2) is 23.6 Å². The predicted molar refractivity (Wildman–Crippen MR) is 71.5 cm³/mol. The zero-order valence-electron chi connectivity index (χ0n) is 9.81. The van der Waals surface area contributed by atoms with Crippen molar-refractivity contribution >= 4 is 17.2 Å². The summed E-state index contributed by atoms with van der Waals surface area (Å²) >= 11 is 1.73. The predicted octanol–water partition coefficient (Wildman–Crippen LogP) is 3.51. The number of aromatic nitrogens is 2. The fourth-order valence-electron chi connectivity index (χ4n) is 1.81. The van der Waals surface area contributed by atoms with Gasteiger partial charge in [0, 0.05) is 18.5 Å². The van der Waals surface area contributed by atoms with Crippen LogP contribution >= 0.6 is 11.3 Å². The Kier molecular flexibility index (Phi) is 2.81. The summed E-state index contributed by atoms with van der Waals surface area (Å²) in [4.78, 5) is 10.5. The summed E-state index contributed by atoms with van der Waals surface area (Å²) < 4.78 is 0. The van der Waals surface area contributed by atoms with E-state index < -0.39 is 0 Å². The van der Waals surface area contributed by atoms with Gasteiger partial charge in [-0.1, -0.05) is 6.07 Å². The largest absolute Gasteiger partial charge is 0.370 e. The standard InChI is InChI=1S/C13H15N3S/c1-2-14-12-8-10(11-4-3-7-17-11)15-13(16-12)9-5-6-9/h3-4,7-9H,2,5-6H2,1H3,(H,14,15,16). The first-order valence-corrected chi connectivity index (χ1v) is 6.91. The van der Waals surface area contributed by atoms with Gasteiger partial charge in [0.1, 0.15) is 11.6 Å². The number of anilines is 1. The Hall–Kier alpha value is -1.42. The zero-order chi connectivity index (χ0) is 11.7. The van der Waals surface area contributed by atoms with E-state index in [1.807, 2.05) is 6.07 Å². The Morgan fingerprint density at radius 1 is 1.41 bits per heavy atom. The molecule has 0 radical (unpaired) electrons. The Morgan fingerprint density at radius 3 is 2.94 bits per heavy atom. The van der Waals surface area contributed by atoms with Crippen LogP contribution in [0.25, 0.3) is 10.6 Å². The molecule has 0 saturated heterocycles. The Bertz CT molecular complexity index is 503. The van der Waals surface area contributed by atoms with Gasteiger partial charge in [-0.25, -0.2) is 9.97 Å². The molecule has 1 N–H and O–H groups in total. The van der Waals surface area contributed by atoms with Crippen LogP contribution in [-0.4, -0.2) is 16.5 Å². The molecule has 0 aromatic carbocycles. The van der Waals surface area contributed by atoms with E-state index in [9.17, 15) is 0 Å². The van der Waals surface area contributed by atoms with Crippen LogP contribution in [0.1, 0.15) is 31.5 Å². The molecule has 1 saturated carbocycles. The van der Waals surface area contributed by atoms with Gasteiger partial charge in [-0.3, -0.25) is 0 Å². The summed E-state index contributed by atoms with van der Waals surface area (Å²) in [6.07, 6.45) is 2.47. The van der Waals surface area contributed by atoms with Crippen LogP contribution in [0.5, 0.6) is 0 Å². The molecule has 4 heteroatoms. The molecule has 17 heavy (non-hydrogen) atoms. The molecule has 2 aromatic heterocycles. The maximum absolute atomic E-state index is 4.68. The molecule has 0 spiro atoms. The van der Waals surface area contributed by atoms with Gasteiger partial charge in [-0.05, 0) is 31.2 Å². The minimum Gasteiger partial charge on any atom is -0.370 e. The average molecular weight is 245 g/mol. The maximum Gasteiger partial charge on any atom is 0.134 e. The van der Waals surface area contributed by atoms with Crippen molar-refractivity contribution in [3.8, 4) is 10.6 Å². The Morgan fingerprint density at radius 2 is 2.29 bits per heavy atom. The van der Waals surface area contributed by atoms with Crippen LogP contribution in [-0.2, 0) is 0 Å². The van der Waals surface area contributed by atoms with Crippen molar-refractivity contribution in [2.24, 2.45) is 0 Å². The third kappa shape index (κ3) is 2.31. The van der Waals surface area contributed by atoms with E-state index in [4.69, 9.17) is 0 Å². The molecule has 3 nitrogen and oxygen atoms in total. The van der Waals surface area contributed by atoms with Crippen molar-refractivity contribution in [3.63, 3.8) is 0 Å². The second-order valence-corrected chi connectivity index (χ2v) is 5.23. The number of rotatable bonds is 4. The summed E-state index contributed by atoms with van der Waals surface area (Å²) in [5, 5.41) is 5.37. The topological polar surface area (TPSA) is 37.8 Å². The molecule has 2 aromatic rings. The molecule has 3 rings (SSSR count).